The van der Waals surface area contributed by atoms with E-state index in [1.807, 2.05) is 0 Å². The normalized spacial score (nSPS) is 11.2. The number of nitrogens with two attached hydrogens (primary N) is 1. The molecule has 0 heterocycles. The van der Waals surface area contributed by atoms with Crippen LogP contribution in [0.5, 0.6) is 5.75 Å². The zero-order valence-corrected chi connectivity index (χ0v) is 14.2. The Bertz CT molecular complexity index is 1060. The fourth-order valence-corrected chi connectivity index (χ4v) is 3.61. The topological polar surface area (TPSA) is 122 Å². The molecule has 8 nitrogen and oxygen atoms in total. The third-order valence-electron chi connectivity index (χ3n) is 3.65. The molecule has 134 valence electrons. The predicted molar refractivity (Wildman–Crippen MR) is 94.4 cm³/mol. The van der Waals surface area contributed by atoms with Gasteiger partial charge in [0.1, 0.15) is 17.3 Å². The standard InChI is InChI=1S/C17H14N2O6S/c18-16-5-1-4-15-14(16)3-2-6-17(15)26(22,23)25-13-9-7-12(8-10-13)11-24-19(20)21/h1-10H,11,18H2. The number of nitrogen functional groups attached to an aromatic ring is 1. The van der Waals surface area contributed by atoms with E-state index in [0.717, 1.165) is 0 Å². The summed E-state index contributed by atoms with van der Waals surface area (Å²) in [4.78, 5) is 14.4. The molecule has 0 fully saturated rings. The highest BCUT2D eigenvalue weighted by atomic mass is 32.2. The monoisotopic (exact) mass is 374 g/mol. The minimum absolute atomic E-state index is 0.00283. The van der Waals surface area contributed by atoms with Crippen molar-refractivity contribution in [1.82, 2.24) is 0 Å². The van der Waals surface area contributed by atoms with Gasteiger partial charge in [0.15, 0.2) is 0 Å². The average Bonchev–Trinajstić information content (AvgIpc) is 2.61. The molecule has 2 N–H and O–H groups in total. The van der Waals surface area contributed by atoms with Gasteiger partial charge in [-0.3, -0.25) is 0 Å². The Morgan fingerprint density at radius 3 is 2.31 bits per heavy atom. The molecule has 3 rings (SSSR count). The molecule has 3 aromatic rings. The molecule has 9 heteroatoms. The lowest BCUT2D eigenvalue weighted by atomic mass is 10.1. The van der Waals surface area contributed by atoms with Gasteiger partial charge in [0.05, 0.1) is 0 Å². The molecule has 0 aliphatic rings. The summed E-state index contributed by atoms with van der Waals surface area (Å²) < 4.78 is 30.5. The van der Waals surface area contributed by atoms with E-state index in [1.54, 1.807) is 30.3 Å². The van der Waals surface area contributed by atoms with Gasteiger partial charge in [-0.1, -0.05) is 36.4 Å². The summed E-state index contributed by atoms with van der Waals surface area (Å²) in [5, 5.41) is 10.4. The Morgan fingerprint density at radius 2 is 1.62 bits per heavy atom. The van der Waals surface area contributed by atoms with Crippen molar-refractivity contribution in [2.24, 2.45) is 0 Å². The van der Waals surface area contributed by atoms with Crippen LogP contribution in [0.3, 0.4) is 0 Å². The zero-order chi connectivity index (χ0) is 18.7. The molecule has 0 unspecified atom stereocenters. The van der Waals surface area contributed by atoms with E-state index in [9.17, 15) is 18.5 Å². The summed E-state index contributed by atoms with van der Waals surface area (Å²) in [6, 6.07) is 15.5. The maximum absolute atomic E-state index is 12.6. The van der Waals surface area contributed by atoms with E-state index < -0.39 is 15.2 Å². The third-order valence-corrected chi connectivity index (χ3v) is 4.96. The second-order valence-electron chi connectivity index (χ2n) is 5.38. The number of hydrogen-bond acceptors (Lipinski definition) is 7. The zero-order valence-electron chi connectivity index (χ0n) is 13.4. The molecule has 0 aliphatic heterocycles. The smallest absolute Gasteiger partial charge is 0.339 e. The van der Waals surface area contributed by atoms with Crippen molar-refractivity contribution in [2.75, 3.05) is 5.73 Å². The first-order chi connectivity index (χ1) is 12.4. The van der Waals surface area contributed by atoms with E-state index in [1.165, 1.54) is 30.3 Å². The van der Waals surface area contributed by atoms with Crippen LogP contribution in [0, 0.1) is 10.1 Å². The molecule has 0 saturated carbocycles. The summed E-state index contributed by atoms with van der Waals surface area (Å²) >= 11 is 0. The molecule has 0 saturated heterocycles. The quantitative estimate of drug-likeness (QED) is 0.305. The van der Waals surface area contributed by atoms with Gasteiger partial charge in [-0.2, -0.15) is 8.42 Å². The summed E-state index contributed by atoms with van der Waals surface area (Å²) in [6.07, 6.45) is 0. The number of anilines is 1. The van der Waals surface area contributed by atoms with E-state index >= 15 is 0 Å². The second-order valence-corrected chi connectivity index (χ2v) is 6.89. The Labute approximate surface area is 149 Å². The van der Waals surface area contributed by atoms with Crippen LogP contribution in [-0.2, 0) is 21.6 Å². The van der Waals surface area contributed by atoms with Crippen LogP contribution < -0.4 is 9.92 Å². The minimum atomic E-state index is -4.09. The van der Waals surface area contributed by atoms with Crippen molar-refractivity contribution in [2.45, 2.75) is 11.5 Å². The maximum Gasteiger partial charge on any atom is 0.339 e. The van der Waals surface area contributed by atoms with Crippen LogP contribution in [0.4, 0.5) is 5.69 Å². The number of rotatable bonds is 6. The molecule has 3 aromatic carbocycles. The lowest BCUT2D eigenvalue weighted by molar-refractivity contribution is -0.763. The fourth-order valence-electron chi connectivity index (χ4n) is 2.46. The molecular weight excluding hydrogens is 360 g/mol. The van der Waals surface area contributed by atoms with Crippen molar-refractivity contribution >= 4 is 26.6 Å². The van der Waals surface area contributed by atoms with Crippen molar-refractivity contribution in [3.63, 3.8) is 0 Å². The first kappa shape index (κ1) is 17.5. The fraction of sp³-hybridized carbons (Fsp3) is 0.0588. The van der Waals surface area contributed by atoms with Crippen molar-refractivity contribution in [3.05, 3.63) is 76.3 Å². The highest BCUT2D eigenvalue weighted by Gasteiger charge is 2.20. The minimum Gasteiger partial charge on any atom is -0.398 e. The molecule has 0 bridgehead atoms. The van der Waals surface area contributed by atoms with Crippen molar-refractivity contribution in [3.8, 4) is 5.75 Å². The molecule has 0 atom stereocenters. The van der Waals surface area contributed by atoms with Crippen LogP contribution in [0.15, 0.2) is 65.6 Å². The SMILES string of the molecule is Nc1cccc2c(S(=O)(=O)Oc3ccc(CO[N+](=O)[O-])cc3)cccc12. The van der Waals surface area contributed by atoms with Crippen LogP contribution in [0.2, 0.25) is 0 Å². The molecule has 0 aromatic heterocycles. The lowest BCUT2D eigenvalue weighted by Gasteiger charge is -2.11. The predicted octanol–water partition coefficient (Wildman–Crippen LogP) is 2.90. The number of nitrogens with zero attached hydrogens (tertiary/aromatic N) is 1. The summed E-state index contributed by atoms with van der Waals surface area (Å²) in [5.41, 5.74) is 6.86. The van der Waals surface area contributed by atoms with Gasteiger partial charge >= 0.3 is 10.1 Å². The molecule has 0 aliphatic carbocycles. The van der Waals surface area contributed by atoms with Gasteiger partial charge in [0.25, 0.3) is 5.09 Å². The van der Waals surface area contributed by atoms with Gasteiger partial charge in [0.2, 0.25) is 0 Å². The van der Waals surface area contributed by atoms with E-state index in [2.05, 4.69) is 4.84 Å². The largest absolute Gasteiger partial charge is 0.398 e. The average molecular weight is 374 g/mol. The molecular formula is C17H14N2O6S. The first-order valence-electron chi connectivity index (χ1n) is 7.45. The second kappa shape index (κ2) is 6.89. The Kier molecular flexibility index (Phi) is 4.63. The van der Waals surface area contributed by atoms with Crippen LogP contribution in [0.1, 0.15) is 5.56 Å². The van der Waals surface area contributed by atoms with Gasteiger partial charge in [0, 0.05) is 16.5 Å². The summed E-state index contributed by atoms with van der Waals surface area (Å²) in [5.74, 6) is 0.0794. The first-order valence-corrected chi connectivity index (χ1v) is 8.85. The summed E-state index contributed by atoms with van der Waals surface area (Å²) in [7, 11) is -4.09. The van der Waals surface area contributed by atoms with Crippen molar-refractivity contribution in [1.29, 1.82) is 0 Å². The van der Waals surface area contributed by atoms with Crippen LogP contribution in [-0.4, -0.2) is 13.5 Å². The van der Waals surface area contributed by atoms with Crippen molar-refractivity contribution < 1.29 is 22.5 Å². The summed E-state index contributed by atoms with van der Waals surface area (Å²) in [6.45, 7) is -0.234. The maximum atomic E-state index is 12.6. The van der Waals surface area contributed by atoms with E-state index in [0.29, 0.717) is 22.0 Å². The Morgan fingerprint density at radius 1 is 0.962 bits per heavy atom. The van der Waals surface area contributed by atoms with Gasteiger partial charge < -0.3 is 14.8 Å². The van der Waals surface area contributed by atoms with Crippen LogP contribution >= 0.6 is 0 Å². The number of fused-ring (bicyclic) bond motifs is 1. The molecule has 26 heavy (non-hydrogen) atoms. The van der Waals surface area contributed by atoms with E-state index in [-0.39, 0.29) is 17.3 Å². The van der Waals surface area contributed by atoms with Crippen LogP contribution in [0.25, 0.3) is 10.8 Å². The number of benzene rings is 3. The Hall–Kier alpha value is -3.33. The highest BCUT2D eigenvalue weighted by Crippen LogP contribution is 2.29. The lowest BCUT2D eigenvalue weighted by Crippen LogP contribution is -2.10. The van der Waals surface area contributed by atoms with Gasteiger partial charge in [-0.25, -0.2) is 0 Å². The molecule has 0 spiro atoms. The number of hydrogen-bond donors (Lipinski definition) is 1. The molecule has 0 radical (unpaired) electrons. The highest BCUT2D eigenvalue weighted by molar-refractivity contribution is 7.87. The Balaban J connectivity index is 1.88. The third kappa shape index (κ3) is 3.67. The molecule has 0 amide bonds. The van der Waals surface area contributed by atoms with Gasteiger partial charge in [-0.05, 0) is 29.8 Å². The van der Waals surface area contributed by atoms with E-state index in [4.69, 9.17) is 9.92 Å². The van der Waals surface area contributed by atoms with Gasteiger partial charge in [-0.15, -0.1) is 10.1 Å².